The van der Waals surface area contributed by atoms with E-state index in [2.05, 4.69) is 10.6 Å². The van der Waals surface area contributed by atoms with Crippen LogP contribution in [0.2, 0.25) is 0 Å². The molecule has 0 saturated heterocycles. The van der Waals surface area contributed by atoms with Crippen molar-refractivity contribution in [1.82, 2.24) is 0 Å². The van der Waals surface area contributed by atoms with Crippen molar-refractivity contribution >= 4 is 23.0 Å². The van der Waals surface area contributed by atoms with E-state index in [4.69, 9.17) is 0 Å². The van der Waals surface area contributed by atoms with Gasteiger partial charge in [-0.2, -0.15) is 0 Å². The van der Waals surface area contributed by atoms with Gasteiger partial charge in [0.05, 0.1) is 10.6 Å². The van der Waals surface area contributed by atoms with Crippen LogP contribution in [0.3, 0.4) is 0 Å². The fraction of sp³-hybridized carbons (Fsp3) is 0.188. The lowest BCUT2D eigenvalue weighted by Gasteiger charge is -2.18. The Bertz CT molecular complexity index is 792. The highest BCUT2D eigenvalue weighted by molar-refractivity contribution is 5.94. The molecule has 0 aromatic heterocycles. The molecule has 0 radical (unpaired) electrons. The number of fused-ring (bicyclic) bond motifs is 1. The normalized spacial score (nSPS) is 13.2. The fourth-order valence-corrected chi connectivity index (χ4v) is 2.57. The third kappa shape index (κ3) is 3.13. The third-order valence-electron chi connectivity index (χ3n) is 3.75. The fourth-order valence-electron chi connectivity index (χ4n) is 2.57. The highest BCUT2D eigenvalue weighted by atomic mass is 19.1. The zero-order valence-corrected chi connectivity index (χ0v) is 12.1. The van der Waals surface area contributed by atoms with Crippen molar-refractivity contribution in [2.45, 2.75) is 19.4 Å². The van der Waals surface area contributed by atoms with Crippen molar-refractivity contribution in [3.63, 3.8) is 0 Å². The molecule has 0 aliphatic carbocycles. The van der Waals surface area contributed by atoms with E-state index in [9.17, 15) is 19.3 Å². The largest absolute Gasteiger partial charge is 0.378 e. The van der Waals surface area contributed by atoms with Crippen molar-refractivity contribution in [2.24, 2.45) is 0 Å². The number of nitrogens with one attached hydrogen (secondary N) is 2. The number of carbonyl (C=O) groups excluding carboxylic acids is 1. The van der Waals surface area contributed by atoms with Gasteiger partial charge in [0.2, 0.25) is 5.91 Å². The molecule has 7 heteroatoms. The van der Waals surface area contributed by atoms with E-state index in [-0.39, 0.29) is 23.8 Å². The van der Waals surface area contributed by atoms with E-state index in [1.807, 2.05) is 0 Å². The van der Waals surface area contributed by atoms with E-state index in [0.29, 0.717) is 24.1 Å². The van der Waals surface area contributed by atoms with Gasteiger partial charge in [0.15, 0.2) is 0 Å². The summed E-state index contributed by atoms with van der Waals surface area (Å²) in [5.41, 5.74) is 2.05. The van der Waals surface area contributed by atoms with Crippen LogP contribution in [0, 0.1) is 15.9 Å². The van der Waals surface area contributed by atoms with Crippen LogP contribution >= 0.6 is 0 Å². The van der Waals surface area contributed by atoms with E-state index in [1.165, 1.54) is 12.1 Å². The standard InChI is InChI=1S/C16H14FN3O3/c17-12-8-13-10(5-6-16(21)19-13)7-14(12)18-9-11-3-1-2-4-15(11)20(22)23/h1-4,7-8,18H,5-6,9H2,(H,19,21). The summed E-state index contributed by atoms with van der Waals surface area (Å²) in [6.07, 6.45) is 0.907. The minimum Gasteiger partial charge on any atom is -0.378 e. The molecule has 2 aromatic rings. The molecule has 0 saturated carbocycles. The molecule has 6 nitrogen and oxygen atoms in total. The number of hydrogen-bond donors (Lipinski definition) is 2. The quantitative estimate of drug-likeness (QED) is 0.670. The number of benzene rings is 2. The molecular formula is C16H14FN3O3. The second-order valence-corrected chi connectivity index (χ2v) is 5.28. The average Bonchev–Trinajstić information content (AvgIpc) is 2.53. The maximum Gasteiger partial charge on any atom is 0.274 e. The Kier molecular flexibility index (Phi) is 3.92. The summed E-state index contributed by atoms with van der Waals surface area (Å²) in [4.78, 5) is 21.8. The van der Waals surface area contributed by atoms with Gasteiger partial charge in [-0.3, -0.25) is 14.9 Å². The molecule has 23 heavy (non-hydrogen) atoms. The molecule has 1 aliphatic heterocycles. The number of para-hydroxylation sites is 1. The number of halogens is 1. The number of carbonyl (C=O) groups is 1. The average molecular weight is 315 g/mol. The monoisotopic (exact) mass is 315 g/mol. The molecule has 0 spiro atoms. The number of nitrogens with zero attached hydrogens (tertiary/aromatic N) is 1. The lowest BCUT2D eigenvalue weighted by molar-refractivity contribution is -0.385. The van der Waals surface area contributed by atoms with Gasteiger partial charge < -0.3 is 10.6 Å². The molecule has 2 aromatic carbocycles. The molecule has 0 atom stereocenters. The van der Waals surface area contributed by atoms with Crippen molar-refractivity contribution in [3.8, 4) is 0 Å². The molecule has 1 aliphatic rings. The number of amides is 1. The summed E-state index contributed by atoms with van der Waals surface area (Å²) in [6.45, 7) is 0.138. The SMILES string of the molecule is O=C1CCc2cc(NCc3ccccc3[N+](=O)[O-])c(F)cc2N1. The number of anilines is 2. The van der Waals surface area contributed by atoms with Crippen LogP contribution in [0.1, 0.15) is 17.5 Å². The Balaban J connectivity index is 1.82. The molecule has 1 amide bonds. The zero-order valence-electron chi connectivity index (χ0n) is 12.1. The zero-order chi connectivity index (χ0) is 16.4. The predicted octanol–water partition coefficient (Wildman–Crippen LogP) is 3.23. The van der Waals surface area contributed by atoms with Gasteiger partial charge in [-0.25, -0.2) is 4.39 Å². The molecule has 0 fully saturated rings. The molecule has 2 N–H and O–H groups in total. The number of aryl methyl sites for hydroxylation is 1. The Morgan fingerprint density at radius 3 is 2.83 bits per heavy atom. The van der Waals surface area contributed by atoms with E-state index in [1.54, 1.807) is 24.3 Å². The summed E-state index contributed by atoms with van der Waals surface area (Å²) in [5.74, 6) is -0.637. The molecule has 0 unspecified atom stereocenters. The molecule has 3 rings (SSSR count). The predicted molar refractivity (Wildman–Crippen MR) is 83.8 cm³/mol. The minimum absolute atomic E-state index is 0.00867. The van der Waals surface area contributed by atoms with Gasteiger partial charge in [-0.05, 0) is 24.1 Å². The Morgan fingerprint density at radius 1 is 1.26 bits per heavy atom. The Hall–Kier alpha value is -2.96. The highest BCUT2D eigenvalue weighted by Crippen LogP contribution is 2.29. The summed E-state index contributed by atoms with van der Waals surface area (Å²) in [6, 6.07) is 9.23. The number of nitro benzene ring substituents is 1. The summed E-state index contributed by atoms with van der Waals surface area (Å²) in [5, 5.41) is 16.5. The van der Waals surface area contributed by atoms with Crippen molar-refractivity contribution in [3.05, 3.63) is 63.5 Å². The minimum atomic E-state index is -0.510. The van der Waals surface area contributed by atoms with Gasteiger partial charge in [0.25, 0.3) is 5.69 Å². The molecule has 1 heterocycles. The Morgan fingerprint density at radius 2 is 2.04 bits per heavy atom. The van der Waals surface area contributed by atoms with Gasteiger partial charge in [-0.1, -0.05) is 18.2 Å². The molecular weight excluding hydrogens is 301 g/mol. The lowest BCUT2D eigenvalue weighted by atomic mass is 10.0. The first-order chi connectivity index (χ1) is 11.0. The number of rotatable bonds is 4. The van der Waals surface area contributed by atoms with Crippen LogP contribution in [0.5, 0.6) is 0 Å². The first kappa shape index (κ1) is 15.0. The highest BCUT2D eigenvalue weighted by Gasteiger charge is 2.18. The van der Waals surface area contributed by atoms with E-state index < -0.39 is 10.7 Å². The van der Waals surface area contributed by atoms with Crippen molar-refractivity contribution in [1.29, 1.82) is 0 Å². The van der Waals surface area contributed by atoms with Crippen LogP contribution in [0.15, 0.2) is 36.4 Å². The maximum absolute atomic E-state index is 14.1. The van der Waals surface area contributed by atoms with Gasteiger partial charge in [0, 0.05) is 30.3 Å². The summed E-state index contributed by atoms with van der Waals surface area (Å²) in [7, 11) is 0. The van der Waals surface area contributed by atoms with Gasteiger partial charge in [-0.15, -0.1) is 0 Å². The third-order valence-corrected chi connectivity index (χ3v) is 3.75. The molecule has 118 valence electrons. The Labute approximate surface area is 131 Å². The number of hydrogen-bond acceptors (Lipinski definition) is 4. The van der Waals surface area contributed by atoms with Gasteiger partial charge in [0.1, 0.15) is 5.82 Å². The van der Waals surface area contributed by atoms with Crippen LogP contribution in [0.25, 0.3) is 0 Å². The van der Waals surface area contributed by atoms with Crippen LogP contribution < -0.4 is 10.6 Å². The first-order valence-corrected chi connectivity index (χ1v) is 7.13. The lowest BCUT2D eigenvalue weighted by Crippen LogP contribution is -2.19. The van der Waals surface area contributed by atoms with E-state index in [0.717, 1.165) is 5.56 Å². The molecule has 0 bridgehead atoms. The van der Waals surface area contributed by atoms with Crippen LogP contribution in [-0.2, 0) is 17.8 Å². The maximum atomic E-state index is 14.1. The first-order valence-electron chi connectivity index (χ1n) is 7.13. The summed E-state index contributed by atoms with van der Waals surface area (Å²) >= 11 is 0. The topological polar surface area (TPSA) is 84.3 Å². The number of nitro groups is 1. The van der Waals surface area contributed by atoms with Crippen molar-refractivity contribution in [2.75, 3.05) is 10.6 Å². The summed E-state index contributed by atoms with van der Waals surface area (Å²) < 4.78 is 14.1. The van der Waals surface area contributed by atoms with Crippen LogP contribution in [0.4, 0.5) is 21.5 Å². The van der Waals surface area contributed by atoms with Gasteiger partial charge >= 0.3 is 0 Å². The second-order valence-electron chi connectivity index (χ2n) is 5.28. The van der Waals surface area contributed by atoms with Crippen LogP contribution in [-0.4, -0.2) is 10.8 Å². The van der Waals surface area contributed by atoms with E-state index >= 15 is 0 Å². The smallest absolute Gasteiger partial charge is 0.274 e. The second kappa shape index (κ2) is 6.04. The van der Waals surface area contributed by atoms with Crippen molar-refractivity contribution < 1.29 is 14.1 Å².